The van der Waals surface area contributed by atoms with E-state index < -0.39 is 11.4 Å². The van der Waals surface area contributed by atoms with Crippen molar-refractivity contribution in [2.24, 2.45) is 5.92 Å². The minimum absolute atomic E-state index is 0.155. The molecule has 7 nitrogen and oxygen atoms in total. The third-order valence-corrected chi connectivity index (χ3v) is 4.80. The van der Waals surface area contributed by atoms with Crippen LogP contribution in [0.3, 0.4) is 0 Å². The molecule has 1 saturated heterocycles. The van der Waals surface area contributed by atoms with Gasteiger partial charge in [-0.25, -0.2) is 9.18 Å². The fourth-order valence-electron chi connectivity index (χ4n) is 3.42. The molecule has 1 aliphatic heterocycles. The van der Waals surface area contributed by atoms with E-state index in [1.807, 2.05) is 0 Å². The molecule has 3 aromatic rings. The van der Waals surface area contributed by atoms with Crippen molar-refractivity contribution < 1.29 is 18.1 Å². The molecule has 1 fully saturated rings. The van der Waals surface area contributed by atoms with Gasteiger partial charge in [0.05, 0.1) is 11.1 Å². The Labute approximate surface area is 159 Å². The van der Waals surface area contributed by atoms with Gasteiger partial charge in [0.2, 0.25) is 11.7 Å². The normalized spacial score (nSPS) is 16.9. The van der Waals surface area contributed by atoms with Gasteiger partial charge in [-0.3, -0.25) is 4.79 Å². The number of piperidine rings is 1. The monoisotopic (exact) mass is 383 g/mol. The molecule has 0 aliphatic carbocycles. The molecule has 4 rings (SSSR count). The predicted molar refractivity (Wildman–Crippen MR) is 97.0 cm³/mol. The molecule has 0 spiro atoms. The Morgan fingerprint density at radius 2 is 2.11 bits per heavy atom. The van der Waals surface area contributed by atoms with Gasteiger partial charge >= 0.3 is 5.63 Å². The van der Waals surface area contributed by atoms with E-state index in [4.69, 9.17) is 8.94 Å². The Morgan fingerprint density at radius 1 is 1.25 bits per heavy atom. The Hall–Kier alpha value is -3.29. The fourth-order valence-corrected chi connectivity index (χ4v) is 3.42. The van der Waals surface area contributed by atoms with Crippen molar-refractivity contribution in [1.29, 1.82) is 0 Å². The summed E-state index contributed by atoms with van der Waals surface area (Å²) in [7, 11) is 0. The van der Waals surface area contributed by atoms with E-state index in [1.165, 1.54) is 24.5 Å². The van der Waals surface area contributed by atoms with Crippen LogP contribution >= 0.6 is 0 Å². The predicted octanol–water partition coefficient (Wildman–Crippen LogP) is 2.92. The average molecular weight is 383 g/mol. The number of nitrogens with zero attached hydrogens (tertiary/aromatic N) is 3. The van der Waals surface area contributed by atoms with Crippen molar-refractivity contribution in [3.8, 4) is 11.4 Å². The molecule has 0 N–H and O–H groups in total. The highest BCUT2D eigenvalue weighted by Gasteiger charge is 2.26. The smallest absolute Gasteiger partial charge is 0.335 e. The van der Waals surface area contributed by atoms with Crippen LogP contribution in [0.2, 0.25) is 0 Å². The second kappa shape index (κ2) is 7.75. The summed E-state index contributed by atoms with van der Waals surface area (Å²) in [6.07, 6.45) is 3.47. The Morgan fingerprint density at radius 3 is 2.89 bits per heavy atom. The van der Waals surface area contributed by atoms with Crippen molar-refractivity contribution in [2.45, 2.75) is 19.3 Å². The molecule has 3 heterocycles. The second-order valence-corrected chi connectivity index (χ2v) is 6.80. The molecule has 8 heteroatoms. The molecule has 144 valence electrons. The number of hydrogen-bond donors (Lipinski definition) is 0. The molecule has 1 unspecified atom stereocenters. The largest absolute Gasteiger partial charge is 0.430 e. The number of likely N-dealkylation sites (tertiary alicyclic amines) is 1. The molecule has 1 aromatic carbocycles. The number of hydrogen-bond acceptors (Lipinski definition) is 6. The van der Waals surface area contributed by atoms with Crippen LogP contribution in [0.1, 0.15) is 29.1 Å². The third-order valence-electron chi connectivity index (χ3n) is 4.80. The van der Waals surface area contributed by atoms with Crippen LogP contribution < -0.4 is 5.63 Å². The first-order chi connectivity index (χ1) is 13.6. The summed E-state index contributed by atoms with van der Waals surface area (Å²) >= 11 is 0. The molecule has 1 atom stereocenters. The lowest BCUT2D eigenvalue weighted by Crippen LogP contribution is -2.40. The van der Waals surface area contributed by atoms with Crippen LogP contribution in [0.15, 0.2) is 56.4 Å². The molecular formula is C20H18FN3O4. The van der Waals surface area contributed by atoms with Crippen molar-refractivity contribution >= 4 is 5.91 Å². The number of carbonyl (C=O) groups is 1. The lowest BCUT2D eigenvalue weighted by atomic mass is 9.94. The van der Waals surface area contributed by atoms with E-state index in [0.717, 1.165) is 12.8 Å². The number of carbonyl (C=O) groups excluding carboxylic acids is 1. The van der Waals surface area contributed by atoms with Crippen molar-refractivity contribution in [1.82, 2.24) is 15.0 Å². The SMILES string of the molecule is O=C(c1ccc(=O)oc1)N1CCCC(Cc2nc(-c3ccccc3F)no2)C1. The van der Waals surface area contributed by atoms with E-state index >= 15 is 0 Å². The van der Waals surface area contributed by atoms with Crippen LogP contribution in [0.25, 0.3) is 11.4 Å². The lowest BCUT2D eigenvalue weighted by Gasteiger charge is -2.32. The minimum atomic E-state index is -0.491. The molecule has 0 saturated carbocycles. The van der Waals surface area contributed by atoms with Gasteiger partial charge in [0.25, 0.3) is 5.91 Å². The third kappa shape index (κ3) is 3.85. The fraction of sp³-hybridized carbons (Fsp3) is 0.300. The highest BCUT2D eigenvalue weighted by atomic mass is 19.1. The summed E-state index contributed by atoms with van der Waals surface area (Å²) in [5.74, 6) is 0.214. The highest BCUT2D eigenvalue weighted by Crippen LogP contribution is 2.24. The maximum Gasteiger partial charge on any atom is 0.335 e. The number of amides is 1. The van der Waals surface area contributed by atoms with Gasteiger partial charge in [0, 0.05) is 25.6 Å². The zero-order chi connectivity index (χ0) is 19.5. The Bertz CT molecular complexity index is 1030. The number of aromatic nitrogens is 2. The van der Waals surface area contributed by atoms with Gasteiger partial charge < -0.3 is 13.8 Å². The first-order valence-electron chi connectivity index (χ1n) is 9.06. The molecular weight excluding hydrogens is 365 g/mol. The first-order valence-corrected chi connectivity index (χ1v) is 9.06. The van der Waals surface area contributed by atoms with Gasteiger partial charge in [0.15, 0.2) is 0 Å². The van der Waals surface area contributed by atoms with Crippen molar-refractivity contribution in [3.05, 3.63) is 70.4 Å². The molecule has 1 aliphatic rings. The van der Waals surface area contributed by atoms with Gasteiger partial charge in [-0.15, -0.1) is 0 Å². The molecule has 0 bridgehead atoms. The first kappa shape index (κ1) is 18.1. The number of halogens is 1. The van der Waals surface area contributed by atoms with E-state index in [-0.39, 0.29) is 17.6 Å². The van der Waals surface area contributed by atoms with Gasteiger partial charge in [-0.05, 0) is 37.0 Å². The molecule has 1 amide bonds. The summed E-state index contributed by atoms with van der Waals surface area (Å²) in [5.41, 5.74) is 0.151. The molecule has 2 aromatic heterocycles. The Kier molecular flexibility index (Phi) is 5.01. The summed E-state index contributed by atoms with van der Waals surface area (Å²) in [6.45, 7) is 1.17. The van der Waals surface area contributed by atoms with E-state index in [1.54, 1.807) is 23.1 Å². The minimum Gasteiger partial charge on any atom is -0.430 e. The van der Waals surface area contributed by atoms with Crippen molar-refractivity contribution in [3.63, 3.8) is 0 Å². The van der Waals surface area contributed by atoms with Crippen LogP contribution in [-0.2, 0) is 6.42 Å². The molecule has 28 heavy (non-hydrogen) atoms. The summed E-state index contributed by atoms with van der Waals surface area (Å²) in [4.78, 5) is 29.7. The van der Waals surface area contributed by atoms with Crippen LogP contribution in [-0.4, -0.2) is 34.0 Å². The number of benzene rings is 1. The second-order valence-electron chi connectivity index (χ2n) is 6.80. The summed E-state index contributed by atoms with van der Waals surface area (Å²) in [6, 6.07) is 8.97. The zero-order valence-corrected chi connectivity index (χ0v) is 15.0. The number of rotatable bonds is 4. The van der Waals surface area contributed by atoms with E-state index in [9.17, 15) is 14.0 Å². The van der Waals surface area contributed by atoms with E-state index in [2.05, 4.69) is 10.1 Å². The average Bonchev–Trinajstić information content (AvgIpc) is 3.17. The van der Waals surface area contributed by atoms with E-state index in [0.29, 0.717) is 36.5 Å². The van der Waals surface area contributed by atoms with Gasteiger partial charge in [-0.2, -0.15) is 4.98 Å². The maximum atomic E-state index is 13.9. The highest BCUT2D eigenvalue weighted by molar-refractivity contribution is 5.93. The molecule has 0 radical (unpaired) electrons. The summed E-state index contributed by atoms with van der Waals surface area (Å²) in [5, 5.41) is 3.87. The standard InChI is InChI=1S/C20H18FN3O4/c21-16-6-2-1-5-15(16)19-22-17(28-23-19)10-13-4-3-9-24(11-13)20(26)14-7-8-18(25)27-12-14/h1-2,5-8,12-13H,3-4,9-11H2. The lowest BCUT2D eigenvalue weighted by molar-refractivity contribution is 0.0665. The van der Waals surface area contributed by atoms with Gasteiger partial charge in [0.1, 0.15) is 12.1 Å². The topological polar surface area (TPSA) is 89.4 Å². The maximum absolute atomic E-state index is 13.9. The van der Waals surface area contributed by atoms with Crippen LogP contribution in [0.4, 0.5) is 4.39 Å². The van der Waals surface area contributed by atoms with Crippen molar-refractivity contribution in [2.75, 3.05) is 13.1 Å². The Balaban J connectivity index is 1.43. The van der Waals surface area contributed by atoms with Crippen LogP contribution in [0, 0.1) is 11.7 Å². The van der Waals surface area contributed by atoms with Crippen LogP contribution in [0.5, 0.6) is 0 Å². The quantitative estimate of drug-likeness (QED) is 0.688. The zero-order valence-electron chi connectivity index (χ0n) is 15.0. The summed E-state index contributed by atoms with van der Waals surface area (Å²) < 4.78 is 23.9. The van der Waals surface area contributed by atoms with Gasteiger partial charge in [-0.1, -0.05) is 17.3 Å².